The maximum atomic E-state index is 13.6. The van der Waals surface area contributed by atoms with Crippen LogP contribution in [0.25, 0.3) is 0 Å². The average Bonchev–Trinajstić information content (AvgIpc) is 3.01. The zero-order valence-corrected chi connectivity index (χ0v) is 17.0. The number of carbonyl (C=O) groups is 2. The smallest absolute Gasteiger partial charge is 0.323 e. The van der Waals surface area contributed by atoms with E-state index in [-0.39, 0.29) is 17.4 Å². The van der Waals surface area contributed by atoms with E-state index < -0.39 is 0 Å². The van der Waals surface area contributed by atoms with E-state index in [9.17, 15) is 9.59 Å². The monoisotopic (exact) mass is 391 g/mol. The van der Waals surface area contributed by atoms with Gasteiger partial charge in [-0.3, -0.25) is 4.79 Å². The van der Waals surface area contributed by atoms with Crippen LogP contribution in [0.3, 0.4) is 0 Å². The Bertz CT molecular complexity index is 1030. The average molecular weight is 391 g/mol. The number of rotatable bonds is 0. The van der Waals surface area contributed by atoms with Crippen LogP contribution in [0.15, 0.2) is 30.5 Å². The van der Waals surface area contributed by atoms with Gasteiger partial charge in [-0.1, -0.05) is 0 Å². The molecule has 1 aromatic carbocycles. The molecule has 0 atom stereocenters. The fourth-order valence-corrected chi connectivity index (χ4v) is 4.79. The Kier molecular flexibility index (Phi) is 3.93. The van der Waals surface area contributed by atoms with Crippen LogP contribution in [0, 0.1) is 19.3 Å². The van der Waals surface area contributed by atoms with Crippen LogP contribution in [0.1, 0.15) is 27.9 Å². The molecule has 4 heterocycles. The molecule has 3 amide bonds. The van der Waals surface area contributed by atoms with E-state index in [4.69, 9.17) is 0 Å². The number of nitrogens with zero attached hydrogens (tertiary/aromatic N) is 4. The Morgan fingerprint density at radius 3 is 2.66 bits per heavy atom. The standard InChI is InChI=1S/C22H25N5O2/c1-14-9-16-18(10-15(14)2)27(19-17(24-20(16)28)5-4-7-23-19)21(29)26-12-22(13-26)6-8-25(3)11-22/h4-5,7,9-10H,6,8,11-13H2,1-3H3,(H,24,28). The number of amides is 3. The molecule has 0 bridgehead atoms. The molecule has 3 aliphatic rings. The first-order valence-electron chi connectivity index (χ1n) is 10.0. The number of nitrogens with one attached hydrogen (secondary N) is 1. The number of likely N-dealkylation sites (tertiary alicyclic amines) is 2. The van der Waals surface area contributed by atoms with E-state index in [0.29, 0.717) is 22.8 Å². The van der Waals surface area contributed by atoms with Crippen LogP contribution in [0.2, 0.25) is 0 Å². The summed E-state index contributed by atoms with van der Waals surface area (Å²) in [4.78, 5) is 36.8. The molecule has 150 valence electrons. The normalized spacial score (nSPS) is 20.0. The summed E-state index contributed by atoms with van der Waals surface area (Å²) in [5, 5.41) is 2.92. The van der Waals surface area contributed by atoms with Gasteiger partial charge in [0.25, 0.3) is 5.91 Å². The van der Waals surface area contributed by atoms with Gasteiger partial charge in [0.1, 0.15) is 0 Å². The van der Waals surface area contributed by atoms with Crippen molar-refractivity contribution in [3.63, 3.8) is 0 Å². The highest BCUT2D eigenvalue weighted by Crippen LogP contribution is 2.43. The van der Waals surface area contributed by atoms with Crippen molar-refractivity contribution in [2.45, 2.75) is 20.3 Å². The van der Waals surface area contributed by atoms with Crippen LogP contribution < -0.4 is 10.2 Å². The number of anilines is 3. The second-order valence-electron chi connectivity index (χ2n) is 8.74. The molecule has 2 fully saturated rings. The molecule has 7 heteroatoms. The van der Waals surface area contributed by atoms with Gasteiger partial charge < -0.3 is 15.1 Å². The molecule has 1 spiro atoms. The molecule has 7 nitrogen and oxygen atoms in total. The molecular weight excluding hydrogens is 366 g/mol. The van der Waals surface area contributed by atoms with Crippen molar-refractivity contribution in [2.24, 2.45) is 5.41 Å². The van der Waals surface area contributed by atoms with Crippen molar-refractivity contribution in [1.29, 1.82) is 0 Å². The molecule has 5 rings (SSSR count). The van der Waals surface area contributed by atoms with Crippen molar-refractivity contribution in [3.8, 4) is 0 Å². The summed E-state index contributed by atoms with van der Waals surface area (Å²) in [6.07, 6.45) is 2.78. The van der Waals surface area contributed by atoms with Gasteiger partial charge in [0.15, 0.2) is 5.82 Å². The largest absolute Gasteiger partial charge is 0.330 e. The summed E-state index contributed by atoms with van der Waals surface area (Å²) in [5.41, 5.74) is 3.90. The SMILES string of the molecule is Cc1cc2c(cc1C)N(C(=O)N1CC3(CCN(C)C3)C1)c1ncccc1NC2=O. The van der Waals surface area contributed by atoms with Gasteiger partial charge in [0, 0.05) is 31.2 Å². The van der Waals surface area contributed by atoms with Crippen molar-refractivity contribution < 1.29 is 9.59 Å². The predicted octanol–water partition coefficient (Wildman–Crippen LogP) is 3.16. The number of hydrogen-bond donors (Lipinski definition) is 1. The van der Waals surface area contributed by atoms with Gasteiger partial charge in [-0.2, -0.15) is 0 Å². The number of fused-ring (bicyclic) bond motifs is 2. The quantitative estimate of drug-likeness (QED) is 0.749. The van der Waals surface area contributed by atoms with Crippen molar-refractivity contribution in [3.05, 3.63) is 47.2 Å². The molecular formula is C22H25N5O2. The van der Waals surface area contributed by atoms with E-state index in [1.165, 1.54) is 0 Å². The summed E-state index contributed by atoms with van der Waals surface area (Å²) in [6, 6.07) is 7.21. The first-order valence-corrected chi connectivity index (χ1v) is 10.0. The molecule has 1 N–H and O–H groups in total. The summed E-state index contributed by atoms with van der Waals surface area (Å²) in [6.45, 7) is 7.57. The summed E-state index contributed by atoms with van der Waals surface area (Å²) in [5.74, 6) is 0.252. The third-order valence-electron chi connectivity index (χ3n) is 6.49. The Morgan fingerprint density at radius 2 is 1.93 bits per heavy atom. The van der Waals surface area contributed by atoms with Gasteiger partial charge in [0.05, 0.1) is 16.9 Å². The van der Waals surface area contributed by atoms with E-state index >= 15 is 0 Å². The second-order valence-corrected chi connectivity index (χ2v) is 8.74. The molecule has 0 aliphatic carbocycles. The van der Waals surface area contributed by atoms with Crippen LogP contribution in [-0.4, -0.2) is 59.9 Å². The molecule has 1 aromatic heterocycles. The van der Waals surface area contributed by atoms with Crippen LogP contribution in [0.4, 0.5) is 22.0 Å². The third-order valence-corrected chi connectivity index (χ3v) is 6.49. The minimum atomic E-state index is -0.217. The number of aryl methyl sites for hydroxylation is 2. The van der Waals surface area contributed by atoms with Crippen LogP contribution in [-0.2, 0) is 0 Å². The van der Waals surface area contributed by atoms with E-state index in [2.05, 4.69) is 22.2 Å². The van der Waals surface area contributed by atoms with Gasteiger partial charge in [0.2, 0.25) is 0 Å². The van der Waals surface area contributed by atoms with Crippen molar-refractivity contribution in [1.82, 2.24) is 14.8 Å². The maximum Gasteiger partial charge on any atom is 0.330 e. The lowest BCUT2D eigenvalue weighted by Crippen LogP contribution is -2.61. The first kappa shape index (κ1) is 18.1. The van der Waals surface area contributed by atoms with E-state index in [0.717, 1.165) is 43.7 Å². The lowest BCUT2D eigenvalue weighted by Gasteiger charge is -2.49. The predicted molar refractivity (Wildman–Crippen MR) is 112 cm³/mol. The van der Waals surface area contributed by atoms with Crippen LogP contribution in [0.5, 0.6) is 0 Å². The summed E-state index contributed by atoms with van der Waals surface area (Å²) in [7, 11) is 2.13. The zero-order chi connectivity index (χ0) is 20.3. The molecule has 2 saturated heterocycles. The minimum Gasteiger partial charge on any atom is -0.323 e. The lowest BCUT2D eigenvalue weighted by atomic mass is 9.79. The Labute approximate surface area is 170 Å². The van der Waals surface area contributed by atoms with Crippen molar-refractivity contribution >= 4 is 29.1 Å². The van der Waals surface area contributed by atoms with Gasteiger partial charge >= 0.3 is 6.03 Å². The van der Waals surface area contributed by atoms with E-state index in [1.54, 1.807) is 23.2 Å². The van der Waals surface area contributed by atoms with Gasteiger partial charge in [-0.05, 0) is 69.3 Å². The second kappa shape index (κ2) is 6.29. The Morgan fingerprint density at radius 1 is 1.17 bits per heavy atom. The van der Waals surface area contributed by atoms with Crippen LogP contribution >= 0.6 is 0 Å². The molecule has 0 unspecified atom stereocenters. The van der Waals surface area contributed by atoms with Gasteiger partial charge in [-0.15, -0.1) is 0 Å². The third kappa shape index (κ3) is 2.80. The number of aromatic nitrogens is 1. The highest BCUT2D eigenvalue weighted by Gasteiger charge is 2.50. The Balaban J connectivity index is 1.57. The topological polar surface area (TPSA) is 68.8 Å². The molecule has 0 saturated carbocycles. The molecule has 0 radical (unpaired) electrons. The first-order chi connectivity index (χ1) is 13.9. The molecule has 29 heavy (non-hydrogen) atoms. The number of pyridine rings is 1. The highest BCUT2D eigenvalue weighted by molar-refractivity contribution is 6.17. The molecule has 2 aromatic rings. The fraction of sp³-hybridized carbons (Fsp3) is 0.409. The number of urea groups is 1. The number of carbonyl (C=O) groups excluding carboxylic acids is 2. The summed E-state index contributed by atoms with van der Waals surface area (Å²) >= 11 is 0. The minimum absolute atomic E-state index is 0.119. The highest BCUT2D eigenvalue weighted by atomic mass is 16.2. The van der Waals surface area contributed by atoms with E-state index in [1.807, 2.05) is 30.9 Å². The maximum absolute atomic E-state index is 13.6. The van der Waals surface area contributed by atoms with Crippen molar-refractivity contribution in [2.75, 3.05) is 43.4 Å². The van der Waals surface area contributed by atoms with Gasteiger partial charge in [-0.25, -0.2) is 14.7 Å². The summed E-state index contributed by atoms with van der Waals surface area (Å²) < 4.78 is 0. The molecule has 3 aliphatic heterocycles. The fourth-order valence-electron chi connectivity index (χ4n) is 4.79. The number of benzene rings is 1. The number of hydrogen-bond acceptors (Lipinski definition) is 4. The Hall–Kier alpha value is -2.93. The zero-order valence-electron chi connectivity index (χ0n) is 17.0. The lowest BCUT2D eigenvalue weighted by molar-refractivity contribution is 0.0445.